The Labute approximate surface area is 105 Å². The fourth-order valence-corrected chi connectivity index (χ4v) is 1.46. The second-order valence-electron chi connectivity index (χ2n) is 3.53. The molecular formula is C12H14ClNO3. The first-order valence-electron chi connectivity index (χ1n) is 5.08. The molecule has 0 aliphatic carbocycles. The van der Waals surface area contributed by atoms with Gasteiger partial charge in [-0.05, 0) is 19.1 Å². The lowest BCUT2D eigenvalue weighted by Gasteiger charge is -2.20. The first-order valence-corrected chi connectivity index (χ1v) is 5.61. The molecule has 0 aromatic heterocycles. The lowest BCUT2D eigenvalue weighted by Crippen LogP contribution is -2.37. The Bertz CT molecular complexity index is 403. The summed E-state index contributed by atoms with van der Waals surface area (Å²) in [6.45, 7) is 1.81. The fraction of sp³-hybridized carbons (Fsp3) is 0.333. The zero-order chi connectivity index (χ0) is 12.8. The summed E-state index contributed by atoms with van der Waals surface area (Å²) >= 11 is 5.51. The molecule has 17 heavy (non-hydrogen) atoms. The fourth-order valence-electron chi connectivity index (χ4n) is 1.31. The van der Waals surface area contributed by atoms with E-state index in [1.165, 1.54) is 12.0 Å². The second kappa shape index (κ2) is 6.25. The Balaban J connectivity index is 2.93. The standard InChI is InChI=1S/C12H14ClNO3/c1-9-3-5-10(6-4-9)14(11(15)7-13)8-12(16)17-2/h3-6H,7-8H2,1-2H3. The van der Waals surface area contributed by atoms with Crippen molar-refractivity contribution >= 4 is 29.2 Å². The molecule has 0 unspecified atom stereocenters. The normalized spacial score (nSPS) is 9.82. The van der Waals surface area contributed by atoms with Gasteiger partial charge in [0.2, 0.25) is 5.91 Å². The van der Waals surface area contributed by atoms with Crippen molar-refractivity contribution in [2.24, 2.45) is 0 Å². The number of ether oxygens (including phenoxy) is 1. The maximum Gasteiger partial charge on any atom is 0.325 e. The van der Waals surface area contributed by atoms with Crippen molar-refractivity contribution in [1.82, 2.24) is 0 Å². The summed E-state index contributed by atoms with van der Waals surface area (Å²) in [5, 5.41) is 0. The van der Waals surface area contributed by atoms with Crippen LogP contribution in [0, 0.1) is 6.92 Å². The van der Waals surface area contributed by atoms with Crippen LogP contribution in [-0.4, -0.2) is 31.4 Å². The third-order valence-corrected chi connectivity index (χ3v) is 2.50. The second-order valence-corrected chi connectivity index (χ2v) is 3.79. The van der Waals surface area contributed by atoms with Crippen molar-refractivity contribution in [3.05, 3.63) is 29.8 Å². The van der Waals surface area contributed by atoms with Crippen molar-refractivity contribution in [3.63, 3.8) is 0 Å². The number of anilines is 1. The number of alkyl halides is 1. The first-order chi connectivity index (χ1) is 8.08. The van der Waals surface area contributed by atoms with Crippen LogP contribution in [0.2, 0.25) is 0 Å². The molecule has 1 rings (SSSR count). The summed E-state index contributed by atoms with van der Waals surface area (Å²) in [7, 11) is 1.28. The van der Waals surface area contributed by atoms with Crippen LogP contribution in [0.5, 0.6) is 0 Å². The zero-order valence-electron chi connectivity index (χ0n) is 9.77. The molecule has 4 nitrogen and oxygen atoms in total. The molecule has 1 amide bonds. The molecule has 0 saturated carbocycles. The number of hydrogen-bond donors (Lipinski definition) is 0. The summed E-state index contributed by atoms with van der Waals surface area (Å²) < 4.78 is 4.54. The van der Waals surface area contributed by atoms with Gasteiger partial charge in [0.25, 0.3) is 0 Å². The Hall–Kier alpha value is -1.55. The van der Waals surface area contributed by atoms with Crippen LogP contribution in [0.25, 0.3) is 0 Å². The Kier molecular flexibility index (Phi) is 4.97. The summed E-state index contributed by atoms with van der Waals surface area (Å²) in [4.78, 5) is 24.2. The Morgan fingerprint density at radius 1 is 1.29 bits per heavy atom. The molecule has 0 saturated heterocycles. The number of methoxy groups -OCH3 is 1. The minimum absolute atomic E-state index is 0.134. The minimum Gasteiger partial charge on any atom is -0.468 e. The van der Waals surface area contributed by atoms with Gasteiger partial charge < -0.3 is 9.64 Å². The van der Waals surface area contributed by atoms with E-state index in [0.717, 1.165) is 5.56 Å². The van der Waals surface area contributed by atoms with Gasteiger partial charge in [-0.15, -0.1) is 11.6 Å². The lowest BCUT2D eigenvalue weighted by atomic mass is 10.2. The van der Waals surface area contributed by atoms with Crippen molar-refractivity contribution in [1.29, 1.82) is 0 Å². The third kappa shape index (κ3) is 3.75. The number of aryl methyl sites for hydroxylation is 1. The van der Waals surface area contributed by atoms with Crippen molar-refractivity contribution in [3.8, 4) is 0 Å². The van der Waals surface area contributed by atoms with E-state index in [-0.39, 0.29) is 18.3 Å². The molecule has 0 N–H and O–H groups in total. The number of benzene rings is 1. The number of hydrogen-bond acceptors (Lipinski definition) is 3. The van der Waals surface area contributed by atoms with Crippen LogP contribution in [-0.2, 0) is 14.3 Å². The largest absolute Gasteiger partial charge is 0.468 e. The number of carbonyl (C=O) groups is 2. The maximum atomic E-state index is 11.6. The van der Waals surface area contributed by atoms with Gasteiger partial charge in [-0.2, -0.15) is 0 Å². The molecule has 0 radical (unpaired) electrons. The average molecular weight is 256 g/mol. The van der Waals surface area contributed by atoms with Crippen molar-refractivity contribution < 1.29 is 14.3 Å². The quantitative estimate of drug-likeness (QED) is 0.608. The van der Waals surface area contributed by atoms with E-state index >= 15 is 0 Å². The van der Waals surface area contributed by atoms with Crippen LogP contribution in [0.3, 0.4) is 0 Å². The van der Waals surface area contributed by atoms with E-state index in [1.807, 2.05) is 19.1 Å². The van der Waals surface area contributed by atoms with Gasteiger partial charge in [-0.3, -0.25) is 9.59 Å². The lowest BCUT2D eigenvalue weighted by molar-refractivity contribution is -0.139. The van der Waals surface area contributed by atoms with Crippen molar-refractivity contribution in [2.75, 3.05) is 24.4 Å². The molecule has 0 aliphatic heterocycles. The molecule has 0 aliphatic rings. The summed E-state index contributed by atoms with van der Waals surface area (Å²) in [5.41, 5.74) is 1.71. The molecule has 0 heterocycles. The van der Waals surface area contributed by atoms with Gasteiger partial charge in [0.1, 0.15) is 12.4 Å². The minimum atomic E-state index is -0.482. The molecule has 5 heteroatoms. The topological polar surface area (TPSA) is 46.6 Å². The molecule has 1 aromatic rings. The summed E-state index contributed by atoms with van der Waals surface area (Å²) in [6, 6.07) is 7.26. The predicted octanol–water partition coefficient (Wildman–Crippen LogP) is 1.74. The average Bonchev–Trinajstić information content (AvgIpc) is 2.36. The highest BCUT2D eigenvalue weighted by atomic mass is 35.5. The van der Waals surface area contributed by atoms with Crippen LogP contribution in [0.4, 0.5) is 5.69 Å². The molecular weight excluding hydrogens is 242 g/mol. The van der Waals surface area contributed by atoms with Crippen LogP contribution >= 0.6 is 11.6 Å². The highest BCUT2D eigenvalue weighted by Crippen LogP contribution is 2.15. The third-order valence-electron chi connectivity index (χ3n) is 2.28. The number of amides is 1. The van der Waals surface area contributed by atoms with Gasteiger partial charge in [-0.1, -0.05) is 17.7 Å². The van der Waals surface area contributed by atoms with Crippen LogP contribution < -0.4 is 4.90 Å². The van der Waals surface area contributed by atoms with E-state index in [2.05, 4.69) is 4.74 Å². The highest BCUT2D eigenvalue weighted by Gasteiger charge is 2.18. The zero-order valence-corrected chi connectivity index (χ0v) is 10.5. The van der Waals surface area contributed by atoms with E-state index in [0.29, 0.717) is 5.69 Å². The number of rotatable bonds is 4. The van der Waals surface area contributed by atoms with E-state index < -0.39 is 5.97 Å². The van der Waals surface area contributed by atoms with Gasteiger partial charge in [0.15, 0.2) is 0 Å². The maximum absolute atomic E-state index is 11.6. The molecule has 0 spiro atoms. The molecule has 92 valence electrons. The smallest absolute Gasteiger partial charge is 0.325 e. The van der Waals surface area contributed by atoms with Gasteiger partial charge in [-0.25, -0.2) is 0 Å². The molecule has 0 atom stereocenters. The highest BCUT2D eigenvalue weighted by molar-refractivity contribution is 6.29. The van der Waals surface area contributed by atoms with Crippen LogP contribution in [0.15, 0.2) is 24.3 Å². The van der Waals surface area contributed by atoms with E-state index in [4.69, 9.17) is 11.6 Å². The number of halogens is 1. The SMILES string of the molecule is COC(=O)CN(C(=O)CCl)c1ccc(C)cc1. The predicted molar refractivity (Wildman–Crippen MR) is 66.3 cm³/mol. The summed E-state index contributed by atoms with van der Waals surface area (Å²) in [6.07, 6.45) is 0. The van der Waals surface area contributed by atoms with Gasteiger partial charge in [0, 0.05) is 5.69 Å². The van der Waals surface area contributed by atoms with E-state index in [1.54, 1.807) is 12.1 Å². The van der Waals surface area contributed by atoms with Crippen LogP contribution in [0.1, 0.15) is 5.56 Å². The molecule has 0 fully saturated rings. The monoisotopic (exact) mass is 255 g/mol. The molecule has 0 bridgehead atoms. The van der Waals surface area contributed by atoms with Gasteiger partial charge in [0.05, 0.1) is 7.11 Å². The summed E-state index contributed by atoms with van der Waals surface area (Å²) in [5.74, 6) is -0.991. The van der Waals surface area contributed by atoms with Gasteiger partial charge >= 0.3 is 5.97 Å². The van der Waals surface area contributed by atoms with Crippen molar-refractivity contribution in [2.45, 2.75) is 6.92 Å². The first kappa shape index (κ1) is 13.5. The number of carbonyl (C=O) groups excluding carboxylic acids is 2. The number of esters is 1. The number of nitrogens with zero attached hydrogens (tertiary/aromatic N) is 1. The Morgan fingerprint density at radius 3 is 2.35 bits per heavy atom. The van der Waals surface area contributed by atoms with E-state index in [9.17, 15) is 9.59 Å². The molecule has 1 aromatic carbocycles. The Morgan fingerprint density at radius 2 is 1.88 bits per heavy atom.